The normalized spacial score (nSPS) is 11.0. The zero-order valence-electron chi connectivity index (χ0n) is 22.2. The van der Waals surface area contributed by atoms with Crippen LogP contribution in [-0.2, 0) is 6.17 Å². The summed E-state index contributed by atoms with van der Waals surface area (Å²) in [7, 11) is -1.89. The molecule has 0 atom stereocenters. The first kappa shape index (κ1) is 26.4. The van der Waals surface area contributed by atoms with E-state index in [2.05, 4.69) is 158 Å². The SMILES string of the molecule is CB(c1ccccc1)c1ccccc1.CC(C)C[Si](Cn1ccnc1)(c1ccccc1)c1ccccc1. The Labute approximate surface area is 224 Å². The smallest absolute Gasteiger partial charge is 0.206 e. The highest BCUT2D eigenvalue weighted by molar-refractivity contribution is 7.01. The van der Waals surface area contributed by atoms with Crippen molar-refractivity contribution in [3.63, 3.8) is 0 Å². The molecule has 1 aromatic heterocycles. The summed E-state index contributed by atoms with van der Waals surface area (Å²) in [5, 5.41) is 3.02. The molecular formula is C33H37BN2Si. The van der Waals surface area contributed by atoms with Gasteiger partial charge in [0.05, 0.1) is 6.33 Å². The van der Waals surface area contributed by atoms with Gasteiger partial charge < -0.3 is 4.57 Å². The van der Waals surface area contributed by atoms with Gasteiger partial charge in [-0.2, -0.15) is 0 Å². The fourth-order valence-corrected chi connectivity index (χ4v) is 10.4. The molecule has 0 aliphatic heterocycles. The summed E-state index contributed by atoms with van der Waals surface area (Å²) < 4.78 is 2.26. The molecule has 5 aromatic rings. The van der Waals surface area contributed by atoms with Crippen molar-refractivity contribution < 1.29 is 0 Å². The third-order valence-electron chi connectivity index (χ3n) is 7.02. The van der Waals surface area contributed by atoms with E-state index in [1.807, 2.05) is 12.5 Å². The van der Waals surface area contributed by atoms with Gasteiger partial charge in [-0.25, -0.2) is 4.98 Å². The third kappa shape index (κ3) is 6.99. The van der Waals surface area contributed by atoms with E-state index in [-0.39, 0.29) is 0 Å². The average molecular weight is 501 g/mol. The maximum atomic E-state index is 4.26. The molecule has 0 bridgehead atoms. The van der Waals surface area contributed by atoms with E-state index in [4.69, 9.17) is 0 Å². The Bertz CT molecular complexity index is 1210. The van der Waals surface area contributed by atoms with Gasteiger partial charge in [0.25, 0.3) is 0 Å². The zero-order valence-corrected chi connectivity index (χ0v) is 23.2. The highest BCUT2D eigenvalue weighted by atomic mass is 28.3. The van der Waals surface area contributed by atoms with Gasteiger partial charge in [0.15, 0.2) is 0 Å². The van der Waals surface area contributed by atoms with Crippen LogP contribution in [0.4, 0.5) is 0 Å². The fourth-order valence-electron chi connectivity index (χ4n) is 5.23. The van der Waals surface area contributed by atoms with Gasteiger partial charge in [0.1, 0.15) is 8.07 Å². The monoisotopic (exact) mass is 500 g/mol. The Kier molecular flexibility index (Phi) is 9.34. The van der Waals surface area contributed by atoms with Gasteiger partial charge in [-0.05, 0) is 12.0 Å². The Balaban J connectivity index is 0.000000195. The summed E-state index contributed by atoms with van der Waals surface area (Å²) in [4.78, 5) is 4.26. The molecule has 186 valence electrons. The number of aromatic nitrogens is 2. The van der Waals surface area contributed by atoms with Crippen molar-refractivity contribution in [1.29, 1.82) is 0 Å². The average Bonchev–Trinajstić information content (AvgIpc) is 3.47. The summed E-state index contributed by atoms with van der Waals surface area (Å²) in [6.45, 7) is 7.39. The molecule has 2 nitrogen and oxygen atoms in total. The topological polar surface area (TPSA) is 17.8 Å². The van der Waals surface area contributed by atoms with Gasteiger partial charge in [0.2, 0.25) is 6.71 Å². The van der Waals surface area contributed by atoms with Crippen molar-refractivity contribution in [2.24, 2.45) is 5.92 Å². The molecule has 0 radical (unpaired) electrons. The molecule has 0 unspecified atom stereocenters. The van der Waals surface area contributed by atoms with E-state index in [9.17, 15) is 0 Å². The van der Waals surface area contributed by atoms with Crippen LogP contribution in [-0.4, -0.2) is 24.3 Å². The van der Waals surface area contributed by atoms with Crippen LogP contribution in [0.25, 0.3) is 0 Å². The van der Waals surface area contributed by atoms with Gasteiger partial charge in [-0.1, -0.05) is 163 Å². The molecule has 1 heterocycles. The Morgan fingerprint density at radius 1 is 0.676 bits per heavy atom. The van der Waals surface area contributed by atoms with Crippen LogP contribution in [0.5, 0.6) is 0 Å². The molecule has 4 aromatic carbocycles. The minimum absolute atomic E-state index is 0.484. The molecule has 4 heteroatoms. The summed E-state index contributed by atoms with van der Waals surface area (Å²) >= 11 is 0. The number of hydrogen-bond donors (Lipinski definition) is 0. The van der Waals surface area contributed by atoms with Crippen LogP contribution in [0.15, 0.2) is 140 Å². The summed E-state index contributed by atoms with van der Waals surface area (Å²) in [6.07, 6.45) is 6.96. The first-order valence-corrected chi connectivity index (χ1v) is 15.7. The van der Waals surface area contributed by atoms with E-state index in [0.29, 0.717) is 12.6 Å². The summed E-state index contributed by atoms with van der Waals surface area (Å²) in [5.41, 5.74) is 2.75. The number of rotatable bonds is 8. The number of nitrogens with zero attached hydrogens (tertiary/aromatic N) is 2. The molecule has 0 aliphatic rings. The second kappa shape index (κ2) is 13.1. The second-order valence-corrected chi connectivity index (χ2v) is 14.2. The van der Waals surface area contributed by atoms with Crippen LogP contribution >= 0.6 is 0 Å². The molecule has 0 spiro atoms. The molecular weight excluding hydrogens is 463 g/mol. The molecule has 0 N–H and O–H groups in total. The highest BCUT2D eigenvalue weighted by Gasteiger charge is 2.38. The lowest BCUT2D eigenvalue weighted by atomic mass is 9.43. The molecule has 0 amide bonds. The molecule has 0 saturated heterocycles. The maximum absolute atomic E-state index is 4.26. The Hall–Kier alpha value is -3.63. The summed E-state index contributed by atoms with van der Waals surface area (Å²) in [5.74, 6) is 0.658. The molecule has 0 aliphatic carbocycles. The van der Waals surface area contributed by atoms with E-state index in [1.54, 1.807) is 0 Å². The van der Waals surface area contributed by atoms with Crippen molar-refractivity contribution in [3.05, 3.63) is 140 Å². The molecule has 0 saturated carbocycles. The number of hydrogen-bond acceptors (Lipinski definition) is 1. The van der Waals surface area contributed by atoms with Gasteiger partial charge in [0, 0.05) is 18.6 Å². The quantitative estimate of drug-likeness (QED) is 0.266. The van der Waals surface area contributed by atoms with Crippen LogP contribution in [0.3, 0.4) is 0 Å². The van der Waals surface area contributed by atoms with Gasteiger partial charge >= 0.3 is 0 Å². The van der Waals surface area contributed by atoms with E-state index < -0.39 is 8.07 Å². The predicted octanol–water partition coefficient (Wildman–Crippen LogP) is 5.27. The van der Waals surface area contributed by atoms with Crippen LogP contribution in [0, 0.1) is 5.92 Å². The van der Waals surface area contributed by atoms with Gasteiger partial charge in [-0.15, -0.1) is 0 Å². The van der Waals surface area contributed by atoms with Crippen molar-refractivity contribution in [2.75, 3.05) is 0 Å². The van der Waals surface area contributed by atoms with E-state index in [1.165, 1.54) is 27.3 Å². The standard InChI is InChI=1S/C20H24N2Si.C13H13B/c1-18(2)15-23(17-22-14-13-21-16-22,19-9-5-3-6-10-19)20-11-7-4-8-12-20;1-14(12-8-4-2-5-9-12)13-10-6-3-7-11-13/h3-14,16,18H,15,17H2,1-2H3;2-11H,1H3. The van der Waals surface area contributed by atoms with Crippen molar-refractivity contribution in [3.8, 4) is 0 Å². The van der Waals surface area contributed by atoms with Crippen LogP contribution < -0.4 is 21.3 Å². The van der Waals surface area contributed by atoms with Crippen LogP contribution in [0.2, 0.25) is 12.9 Å². The Morgan fingerprint density at radius 2 is 1.11 bits per heavy atom. The lowest BCUT2D eigenvalue weighted by molar-refractivity contribution is 0.710. The summed E-state index contributed by atoms with van der Waals surface area (Å²) in [6, 6.07) is 44.6. The van der Waals surface area contributed by atoms with Crippen molar-refractivity contribution >= 4 is 36.1 Å². The molecule has 0 fully saturated rings. The largest absolute Gasteiger partial charge is 0.340 e. The Morgan fingerprint density at radius 3 is 1.49 bits per heavy atom. The first-order valence-electron chi connectivity index (χ1n) is 13.2. The van der Waals surface area contributed by atoms with Crippen molar-refractivity contribution in [2.45, 2.75) is 32.9 Å². The maximum Gasteiger partial charge on any atom is 0.206 e. The molecule has 37 heavy (non-hydrogen) atoms. The third-order valence-corrected chi connectivity index (χ3v) is 12.3. The minimum Gasteiger partial charge on any atom is -0.340 e. The fraction of sp³-hybridized carbons (Fsp3) is 0.182. The first-order chi connectivity index (χ1) is 18.1. The number of benzene rings is 4. The number of imidazole rings is 1. The van der Waals surface area contributed by atoms with E-state index >= 15 is 0 Å². The predicted molar refractivity (Wildman–Crippen MR) is 164 cm³/mol. The highest BCUT2D eigenvalue weighted by Crippen LogP contribution is 2.20. The minimum atomic E-state index is -1.89. The van der Waals surface area contributed by atoms with Crippen LogP contribution in [0.1, 0.15) is 13.8 Å². The molecule has 5 rings (SSSR count). The second-order valence-electron chi connectivity index (χ2n) is 10.2. The lowest BCUT2D eigenvalue weighted by Gasteiger charge is -2.35. The van der Waals surface area contributed by atoms with E-state index in [0.717, 1.165) is 6.17 Å². The zero-order chi connectivity index (χ0) is 25.9. The lowest BCUT2D eigenvalue weighted by Crippen LogP contribution is -2.62. The van der Waals surface area contributed by atoms with Crippen molar-refractivity contribution in [1.82, 2.24) is 9.55 Å². The van der Waals surface area contributed by atoms with Gasteiger partial charge in [-0.3, -0.25) is 0 Å².